The molecule has 2 aliphatic carbocycles. The topological polar surface area (TPSA) is 40.6 Å². The van der Waals surface area contributed by atoms with Crippen LogP contribution < -0.4 is 0 Å². The first kappa shape index (κ1) is 54.0. The Labute approximate surface area is 432 Å². The van der Waals surface area contributed by atoms with E-state index in [0.717, 1.165) is 60.8 Å². The van der Waals surface area contributed by atoms with Crippen molar-refractivity contribution in [3.05, 3.63) is 263 Å². The maximum Gasteiger partial charge on any atom is 4.00 e. The van der Waals surface area contributed by atoms with Crippen molar-refractivity contribution in [3.8, 4) is 0 Å². The minimum absolute atomic E-state index is 0. The second kappa shape index (κ2) is 27.3. The van der Waals surface area contributed by atoms with Gasteiger partial charge < -0.3 is 9.80 Å². The Hall–Kier alpha value is -6.35. The van der Waals surface area contributed by atoms with Crippen molar-refractivity contribution in [2.45, 2.75) is 88.1 Å². The van der Waals surface area contributed by atoms with Crippen molar-refractivity contribution >= 4 is 11.8 Å². The third kappa shape index (κ3) is 14.0. The van der Waals surface area contributed by atoms with Gasteiger partial charge in [-0.2, -0.15) is 24.3 Å². The quantitative estimate of drug-likeness (QED) is 0.0696. The summed E-state index contributed by atoms with van der Waals surface area (Å²) >= 11 is 0. The molecule has 10 rings (SSSR count). The zero-order valence-corrected chi connectivity index (χ0v) is 41.5. The largest absolute Gasteiger partial charge is 4.00 e. The van der Waals surface area contributed by atoms with Gasteiger partial charge in [-0.15, -0.1) is 48.2 Å². The molecule has 0 spiro atoms. The van der Waals surface area contributed by atoms with Crippen LogP contribution in [0.5, 0.6) is 0 Å². The number of hydrogen-bond acceptors (Lipinski definition) is 2. The Kier molecular flexibility index (Phi) is 20.8. The van der Waals surface area contributed by atoms with Crippen molar-refractivity contribution in [2.24, 2.45) is 0 Å². The van der Waals surface area contributed by atoms with Gasteiger partial charge in [0.15, 0.2) is 0 Å². The Morgan fingerprint density at radius 2 is 0.803 bits per heavy atom. The SMILES string of the molecule is O=C1CCCC(c2ccccc2)(c2ccccc2)N1CCCc1ccc(F)[c-]c1F.O=C1CCCC(c2ccccc2)(c2ccccc2)N1CCCc1ccc(F)[c-]c1F.[C-]1=CC=CC1.[C-]1=CC=CC1.[Ti+4]. The van der Waals surface area contributed by atoms with Crippen LogP contribution in [0.25, 0.3) is 0 Å². The van der Waals surface area contributed by atoms with E-state index >= 15 is 0 Å². The number of benzene rings is 6. The third-order valence-electron chi connectivity index (χ3n) is 13.1. The minimum Gasteiger partial charge on any atom is -0.329 e. The van der Waals surface area contributed by atoms with E-state index in [1.54, 1.807) is 0 Å². The number of carbonyl (C=O) groups excluding carboxylic acids is 2. The van der Waals surface area contributed by atoms with E-state index in [1.165, 1.54) is 24.3 Å². The first-order valence-electron chi connectivity index (χ1n) is 24.2. The van der Waals surface area contributed by atoms with E-state index in [2.05, 4.69) is 85.0 Å². The molecular weight excluding hydrogens is 929 g/mol. The summed E-state index contributed by atoms with van der Waals surface area (Å²) in [6.07, 6.45) is 26.4. The van der Waals surface area contributed by atoms with Gasteiger partial charge in [0.05, 0.1) is 11.1 Å². The fourth-order valence-corrected chi connectivity index (χ4v) is 9.85. The summed E-state index contributed by atoms with van der Waals surface area (Å²) in [6.45, 7) is 0.999. The molecule has 0 saturated carbocycles. The number of amides is 2. The molecule has 0 atom stereocenters. The number of halogens is 4. The molecule has 2 saturated heterocycles. The minimum atomic E-state index is -0.699. The number of aryl methyl sites for hydroxylation is 2. The van der Waals surface area contributed by atoms with Gasteiger partial charge in [-0.25, -0.2) is 41.9 Å². The maximum absolute atomic E-state index is 14.0. The first-order chi connectivity index (χ1) is 34.2. The molecule has 0 radical (unpaired) electrons. The standard InChI is InChI=1S/2C26H24F2NO.2C5H5.Ti/c2*27-23-16-15-20(24(28)19-23)9-8-18-29-25(30)14-7-17-26(29,21-10-3-1-4-11-21)22-12-5-2-6-13-22;2*1-2-4-5-3-1;/h2*1-6,10-13,15-16H,7-9,14,17-18H2;2*1-3H,4H2;/q4*-1;+4. The summed E-state index contributed by atoms with van der Waals surface area (Å²) in [5.41, 5.74) is 4.13. The average molecular weight is 987 g/mol. The van der Waals surface area contributed by atoms with Crippen LogP contribution in [0.4, 0.5) is 17.6 Å². The number of rotatable bonds is 12. The van der Waals surface area contributed by atoms with Crippen molar-refractivity contribution in [3.63, 3.8) is 0 Å². The fourth-order valence-electron chi connectivity index (χ4n) is 9.85. The molecule has 9 heteroatoms. The van der Waals surface area contributed by atoms with Crippen LogP contribution in [0, 0.1) is 47.6 Å². The number of allylic oxidation sites excluding steroid dienone is 8. The molecule has 2 amide bonds. The second-order valence-electron chi connectivity index (χ2n) is 17.5. The molecule has 4 nitrogen and oxygen atoms in total. The molecule has 0 unspecified atom stereocenters. The van der Waals surface area contributed by atoms with Gasteiger partial charge >= 0.3 is 21.7 Å². The number of likely N-dealkylation sites (tertiary alicyclic amines) is 2. The molecule has 4 aliphatic rings. The van der Waals surface area contributed by atoms with Crippen molar-refractivity contribution < 1.29 is 48.9 Å². The van der Waals surface area contributed by atoms with Crippen LogP contribution in [0.3, 0.4) is 0 Å². The second-order valence-corrected chi connectivity index (χ2v) is 17.5. The molecule has 0 N–H and O–H groups in total. The number of hydrogen-bond donors (Lipinski definition) is 0. The third-order valence-corrected chi connectivity index (χ3v) is 13.1. The Morgan fingerprint density at radius 3 is 1.07 bits per heavy atom. The van der Waals surface area contributed by atoms with Crippen molar-refractivity contribution in [2.75, 3.05) is 13.1 Å². The zero-order valence-electron chi connectivity index (χ0n) is 39.9. The molecule has 0 aromatic heterocycles. The fraction of sp³-hybridized carbons (Fsp3) is 0.258. The molecule has 2 aliphatic heterocycles. The molecule has 2 fully saturated rings. The summed E-state index contributed by atoms with van der Waals surface area (Å²) in [5, 5.41) is 0. The Bertz CT molecular complexity index is 2440. The molecular formula is C62H58F4N2O2Ti. The van der Waals surface area contributed by atoms with Gasteiger partial charge in [-0.05, 0) is 60.8 Å². The predicted molar refractivity (Wildman–Crippen MR) is 269 cm³/mol. The Balaban J connectivity index is 0.000000191. The van der Waals surface area contributed by atoms with Crippen LogP contribution in [-0.4, -0.2) is 34.7 Å². The van der Waals surface area contributed by atoms with Crippen LogP contribution in [0.15, 0.2) is 182 Å². The van der Waals surface area contributed by atoms with E-state index in [4.69, 9.17) is 0 Å². The van der Waals surface area contributed by atoms with Gasteiger partial charge in [0.25, 0.3) is 0 Å². The monoisotopic (exact) mass is 986 g/mol. The molecule has 0 bridgehead atoms. The summed E-state index contributed by atoms with van der Waals surface area (Å²) in [5.74, 6) is -2.49. The Morgan fingerprint density at radius 1 is 0.465 bits per heavy atom. The summed E-state index contributed by atoms with van der Waals surface area (Å²) in [7, 11) is 0. The zero-order chi connectivity index (χ0) is 49.0. The maximum atomic E-state index is 14.0. The first-order valence-corrected chi connectivity index (χ1v) is 24.2. The van der Waals surface area contributed by atoms with E-state index in [1.807, 2.05) is 107 Å². The van der Waals surface area contributed by atoms with Gasteiger partial charge in [0.2, 0.25) is 11.8 Å². The van der Waals surface area contributed by atoms with Crippen LogP contribution in [0.2, 0.25) is 0 Å². The molecule has 71 heavy (non-hydrogen) atoms. The van der Waals surface area contributed by atoms with E-state index < -0.39 is 34.3 Å². The summed E-state index contributed by atoms with van der Waals surface area (Å²) in [4.78, 5) is 30.1. The summed E-state index contributed by atoms with van der Waals surface area (Å²) in [6, 6.07) is 50.1. The average Bonchev–Trinajstić information content (AvgIpc) is 4.19. The van der Waals surface area contributed by atoms with E-state index in [0.29, 0.717) is 62.7 Å². The van der Waals surface area contributed by atoms with E-state index in [-0.39, 0.29) is 33.5 Å². The molecule has 360 valence electrons. The summed E-state index contributed by atoms with van der Waals surface area (Å²) < 4.78 is 54.3. The van der Waals surface area contributed by atoms with Gasteiger partial charge in [-0.1, -0.05) is 134 Å². The molecule has 2 heterocycles. The molecule has 6 aromatic rings. The normalized spacial score (nSPS) is 15.9. The van der Waals surface area contributed by atoms with Crippen LogP contribution in [0.1, 0.15) is 97.6 Å². The van der Waals surface area contributed by atoms with Crippen LogP contribution >= 0.6 is 0 Å². The van der Waals surface area contributed by atoms with Gasteiger partial charge in [0, 0.05) is 49.2 Å². The number of carbonyl (C=O) groups is 2. The predicted octanol–water partition coefficient (Wildman–Crippen LogP) is 13.9. The van der Waals surface area contributed by atoms with Crippen molar-refractivity contribution in [1.29, 1.82) is 0 Å². The number of piperidine rings is 2. The van der Waals surface area contributed by atoms with Gasteiger partial charge in [0.1, 0.15) is 0 Å². The smallest absolute Gasteiger partial charge is 0.329 e. The number of nitrogens with zero attached hydrogens (tertiary/aromatic N) is 2. The molecule has 6 aromatic carbocycles. The van der Waals surface area contributed by atoms with Crippen molar-refractivity contribution in [1.82, 2.24) is 9.80 Å². The van der Waals surface area contributed by atoms with Crippen LogP contribution in [-0.2, 0) is 55.2 Å². The van der Waals surface area contributed by atoms with E-state index in [9.17, 15) is 27.2 Å². The van der Waals surface area contributed by atoms with Gasteiger partial charge in [-0.3, -0.25) is 21.7 Å².